The lowest BCUT2D eigenvalue weighted by Crippen LogP contribution is -2.23. The van der Waals surface area contributed by atoms with Gasteiger partial charge in [0.15, 0.2) is 0 Å². The Balaban J connectivity index is 2.02. The maximum atomic E-state index is 8.91. The van der Waals surface area contributed by atoms with Gasteiger partial charge < -0.3 is 15.3 Å². The van der Waals surface area contributed by atoms with E-state index in [9.17, 15) is 0 Å². The number of furan rings is 1. The van der Waals surface area contributed by atoms with Crippen LogP contribution in [0.25, 0.3) is 0 Å². The Kier molecular flexibility index (Phi) is 3.44. The molecule has 1 atom stereocenters. The molecule has 0 spiro atoms. The lowest BCUT2D eigenvalue weighted by Gasteiger charge is -2.26. The Bertz CT molecular complexity index is 302. The monoisotopic (exact) mass is 209 g/mol. The van der Waals surface area contributed by atoms with Gasteiger partial charge in [-0.25, -0.2) is 0 Å². The second-order valence-electron chi connectivity index (χ2n) is 4.39. The van der Waals surface area contributed by atoms with E-state index in [0.717, 1.165) is 5.76 Å². The van der Waals surface area contributed by atoms with Gasteiger partial charge in [0, 0.05) is 0 Å². The normalized spacial score (nSPS) is 20.4. The molecule has 1 saturated carbocycles. The van der Waals surface area contributed by atoms with Crippen LogP contribution in [-0.2, 0) is 6.61 Å². The van der Waals surface area contributed by atoms with Crippen LogP contribution < -0.4 is 5.73 Å². The summed E-state index contributed by atoms with van der Waals surface area (Å²) in [6.45, 7) is -0.0443. The van der Waals surface area contributed by atoms with Gasteiger partial charge in [-0.05, 0) is 30.9 Å². The average Bonchev–Trinajstić information content (AvgIpc) is 2.78. The van der Waals surface area contributed by atoms with Gasteiger partial charge in [0.2, 0.25) is 0 Å². The van der Waals surface area contributed by atoms with Crippen molar-refractivity contribution in [2.24, 2.45) is 11.7 Å². The van der Waals surface area contributed by atoms with Crippen molar-refractivity contribution in [2.75, 3.05) is 0 Å². The molecule has 0 unspecified atom stereocenters. The molecule has 0 bridgehead atoms. The summed E-state index contributed by atoms with van der Waals surface area (Å²) in [5, 5.41) is 8.91. The van der Waals surface area contributed by atoms with Gasteiger partial charge in [-0.15, -0.1) is 0 Å². The molecule has 1 aromatic heterocycles. The minimum Gasteiger partial charge on any atom is -0.462 e. The van der Waals surface area contributed by atoms with Gasteiger partial charge in [0.1, 0.15) is 18.1 Å². The van der Waals surface area contributed by atoms with Gasteiger partial charge in [0.05, 0.1) is 6.04 Å². The van der Waals surface area contributed by atoms with Crippen LogP contribution in [0.5, 0.6) is 0 Å². The molecule has 3 N–H and O–H groups in total. The predicted molar refractivity (Wildman–Crippen MR) is 58.1 cm³/mol. The van der Waals surface area contributed by atoms with Crippen molar-refractivity contribution in [1.29, 1.82) is 0 Å². The quantitative estimate of drug-likeness (QED) is 0.803. The standard InChI is InChI=1S/C12H19NO2/c13-12(9-4-2-1-3-5-9)11-7-6-10(8-14)15-11/h6-7,9,12,14H,1-5,8,13H2/t12-/m1/s1. The molecule has 0 radical (unpaired) electrons. The third-order valence-electron chi connectivity index (χ3n) is 3.32. The Labute approximate surface area is 90.3 Å². The molecule has 0 amide bonds. The number of hydrogen-bond acceptors (Lipinski definition) is 3. The highest BCUT2D eigenvalue weighted by Gasteiger charge is 2.23. The number of hydrogen-bond donors (Lipinski definition) is 2. The molecule has 1 aliphatic rings. The van der Waals surface area contributed by atoms with Crippen molar-refractivity contribution in [2.45, 2.75) is 44.8 Å². The van der Waals surface area contributed by atoms with Crippen LogP contribution in [0, 0.1) is 5.92 Å². The van der Waals surface area contributed by atoms with E-state index in [1.54, 1.807) is 6.07 Å². The number of nitrogens with two attached hydrogens (primary N) is 1. The molecule has 1 aliphatic carbocycles. The molecule has 2 rings (SSSR count). The summed E-state index contributed by atoms with van der Waals surface area (Å²) in [6.07, 6.45) is 6.31. The van der Waals surface area contributed by atoms with E-state index in [2.05, 4.69) is 0 Å². The fourth-order valence-electron chi connectivity index (χ4n) is 2.38. The van der Waals surface area contributed by atoms with Crippen LogP contribution in [0.2, 0.25) is 0 Å². The van der Waals surface area contributed by atoms with E-state index in [0.29, 0.717) is 11.7 Å². The fourth-order valence-corrected chi connectivity index (χ4v) is 2.38. The van der Waals surface area contributed by atoms with E-state index in [1.165, 1.54) is 32.1 Å². The molecule has 3 nitrogen and oxygen atoms in total. The van der Waals surface area contributed by atoms with E-state index in [-0.39, 0.29) is 12.6 Å². The van der Waals surface area contributed by atoms with E-state index in [1.807, 2.05) is 6.07 Å². The maximum absolute atomic E-state index is 8.91. The van der Waals surface area contributed by atoms with Crippen LogP contribution in [-0.4, -0.2) is 5.11 Å². The van der Waals surface area contributed by atoms with Gasteiger partial charge in [0.25, 0.3) is 0 Å². The minimum atomic E-state index is -0.0443. The first-order valence-corrected chi connectivity index (χ1v) is 5.76. The second-order valence-corrected chi connectivity index (χ2v) is 4.39. The summed E-state index contributed by atoms with van der Waals surface area (Å²) < 4.78 is 5.47. The van der Waals surface area contributed by atoms with E-state index in [4.69, 9.17) is 15.3 Å². The first-order chi connectivity index (χ1) is 7.31. The molecule has 1 heterocycles. The van der Waals surface area contributed by atoms with Gasteiger partial charge in [-0.2, -0.15) is 0 Å². The molecule has 0 aromatic carbocycles. The topological polar surface area (TPSA) is 59.4 Å². The van der Waals surface area contributed by atoms with E-state index < -0.39 is 0 Å². The van der Waals surface area contributed by atoms with Crippen molar-refractivity contribution in [3.63, 3.8) is 0 Å². The third kappa shape index (κ3) is 2.41. The zero-order valence-electron chi connectivity index (χ0n) is 8.98. The predicted octanol–water partition coefficient (Wildman–Crippen LogP) is 2.35. The maximum Gasteiger partial charge on any atom is 0.129 e. The summed E-state index contributed by atoms with van der Waals surface area (Å²) in [6, 6.07) is 3.70. The minimum absolute atomic E-state index is 0.00519. The smallest absolute Gasteiger partial charge is 0.129 e. The van der Waals surface area contributed by atoms with Gasteiger partial charge >= 0.3 is 0 Å². The molecule has 0 aliphatic heterocycles. The van der Waals surface area contributed by atoms with Gasteiger partial charge in [-0.3, -0.25) is 0 Å². The number of rotatable bonds is 3. The van der Waals surface area contributed by atoms with Crippen molar-refractivity contribution >= 4 is 0 Å². The van der Waals surface area contributed by atoms with Crippen LogP contribution in [0.3, 0.4) is 0 Å². The average molecular weight is 209 g/mol. The summed E-state index contributed by atoms with van der Waals surface area (Å²) in [7, 11) is 0. The molecule has 1 fully saturated rings. The summed E-state index contributed by atoms with van der Waals surface area (Å²) in [5.41, 5.74) is 6.16. The lowest BCUT2D eigenvalue weighted by molar-refractivity contribution is 0.229. The summed E-state index contributed by atoms with van der Waals surface area (Å²) in [4.78, 5) is 0. The lowest BCUT2D eigenvalue weighted by atomic mass is 9.83. The van der Waals surface area contributed by atoms with Crippen LogP contribution >= 0.6 is 0 Å². The first kappa shape index (κ1) is 10.7. The zero-order chi connectivity index (χ0) is 10.7. The fraction of sp³-hybridized carbons (Fsp3) is 0.667. The van der Waals surface area contributed by atoms with Crippen LogP contribution in [0.4, 0.5) is 0 Å². The highest BCUT2D eigenvalue weighted by atomic mass is 16.4. The largest absolute Gasteiger partial charge is 0.462 e. The SMILES string of the molecule is N[C@@H](c1ccc(CO)o1)C1CCCCC1. The number of aliphatic hydroxyl groups excluding tert-OH is 1. The molecule has 3 heteroatoms. The molecular weight excluding hydrogens is 190 g/mol. The van der Waals surface area contributed by atoms with Crippen molar-refractivity contribution in [3.05, 3.63) is 23.7 Å². The van der Waals surface area contributed by atoms with Crippen molar-refractivity contribution < 1.29 is 9.52 Å². The van der Waals surface area contributed by atoms with Crippen LogP contribution in [0.1, 0.15) is 49.7 Å². The molecule has 84 valence electrons. The molecule has 1 aromatic rings. The molecule has 0 saturated heterocycles. The Morgan fingerprint density at radius 3 is 2.67 bits per heavy atom. The van der Waals surface area contributed by atoms with E-state index >= 15 is 0 Å². The molecule has 15 heavy (non-hydrogen) atoms. The highest BCUT2D eigenvalue weighted by Crippen LogP contribution is 2.33. The van der Waals surface area contributed by atoms with Crippen LogP contribution in [0.15, 0.2) is 16.5 Å². The first-order valence-electron chi connectivity index (χ1n) is 5.76. The third-order valence-corrected chi connectivity index (χ3v) is 3.32. The van der Waals surface area contributed by atoms with Crippen molar-refractivity contribution in [3.8, 4) is 0 Å². The molecular formula is C12H19NO2. The Morgan fingerprint density at radius 1 is 1.33 bits per heavy atom. The Morgan fingerprint density at radius 2 is 2.07 bits per heavy atom. The second kappa shape index (κ2) is 4.81. The van der Waals surface area contributed by atoms with Crippen molar-refractivity contribution in [1.82, 2.24) is 0 Å². The zero-order valence-corrected chi connectivity index (χ0v) is 8.98. The summed E-state index contributed by atoms with van der Waals surface area (Å²) in [5.74, 6) is 1.98. The number of aliphatic hydroxyl groups is 1. The Hall–Kier alpha value is -0.800. The summed E-state index contributed by atoms with van der Waals surface area (Å²) >= 11 is 0. The highest BCUT2D eigenvalue weighted by molar-refractivity contribution is 5.11. The van der Waals surface area contributed by atoms with Gasteiger partial charge in [-0.1, -0.05) is 19.3 Å².